The third-order valence-corrected chi connectivity index (χ3v) is 6.78. The number of hydrogen-bond donors (Lipinski definition) is 2. The molecule has 11 heteroatoms. The van der Waals surface area contributed by atoms with Crippen LogP contribution in [-0.2, 0) is 20.4 Å². The number of methoxy groups -OCH3 is 1. The van der Waals surface area contributed by atoms with Gasteiger partial charge in [0.2, 0.25) is 10.0 Å². The molecule has 0 aromatic heterocycles. The number of hydrazine groups is 1. The first-order valence-corrected chi connectivity index (χ1v) is 10.6. The van der Waals surface area contributed by atoms with Crippen LogP contribution in [0.2, 0.25) is 0 Å². The van der Waals surface area contributed by atoms with E-state index >= 15 is 0 Å². The highest BCUT2D eigenvalue weighted by atomic mass is 32.2. The molecule has 0 spiro atoms. The number of sulfonamides is 1. The zero-order chi connectivity index (χ0) is 23.0. The van der Waals surface area contributed by atoms with E-state index < -0.39 is 33.4 Å². The van der Waals surface area contributed by atoms with Crippen LogP contribution in [-0.4, -0.2) is 56.8 Å². The Balaban J connectivity index is 1.90. The van der Waals surface area contributed by atoms with Crippen LogP contribution in [0.3, 0.4) is 0 Å². The van der Waals surface area contributed by atoms with E-state index in [1.807, 2.05) is 0 Å². The van der Waals surface area contributed by atoms with Crippen molar-refractivity contribution in [1.29, 1.82) is 0 Å². The van der Waals surface area contributed by atoms with Crippen LogP contribution in [0.25, 0.3) is 0 Å². The third-order valence-electron chi connectivity index (χ3n) is 4.94. The van der Waals surface area contributed by atoms with Crippen molar-refractivity contribution in [2.24, 2.45) is 0 Å². The number of carbonyl (C=O) groups excluding carboxylic acids is 3. The number of rotatable bonds is 6. The zero-order valence-electron chi connectivity index (χ0n) is 17.4. The van der Waals surface area contributed by atoms with Gasteiger partial charge in [0.25, 0.3) is 11.8 Å². The molecule has 1 aliphatic rings. The first-order chi connectivity index (χ1) is 14.5. The van der Waals surface area contributed by atoms with Gasteiger partial charge in [0, 0.05) is 19.7 Å². The first kappa shape index (κ1) is 22.2. The lowest BCUT2D eigenvalue weighted by Crippen LogP contribution is -2.47. The van der Waals surface area contributed by atoms with E-state index in [1.54, 1.807) is 30.3 Å². The predicted molar refractivity (Wildman–Crippen MR) is 111 cm³/mol. The van der Waals surface area contributed by atoms with Crippen LogP contribution in [0.15, 0.2) is 53.4 Å². The molecule has 1 saturated heterocycles. The quantitative estimate of drug-likeness (QED) is 0.639. The van der Waals surface area contributed by atoms with Gasteiger partial charge in [0.1, 0.15) is 16.2 Å². The largest absolute Gasteiger partial charge is 0.495 e. The number of urea groups is 1. The van der Waals surface area contributed by atoms with Gasteiger partial charge in [-0.05, 0) is 30.7 Å². The highest BCUT2D eigenvalue weighted by Gasteiger charge is 2.50. The van der Waals surface area contributed by atoms with E-state index in [9.17, 15) is 22.8 Å². The van der Waals surface area contributed by atoms with E-state index in [0.717, 1.165) is 10.4 Å². The van der Waals surface area contributed by atoms with E-state index in [2.05, 4.69) is 10.7 Å². The Labute approximate surface area is 179 Å². The third kappa shape index (κ3) is 3.84. The Kier molecular flexibility index (Phi) is 5.74. The lowest BCUT2D eigenvalue weighted by molar-refractivity contribution is -0.132. The van der Waals surface area contributed by atoms with Gasteiger partial charge in [-0.15, -0.1) is 0 Å². The fraction of sp³-hybridized carbons (Fsp3) is 0.250. The Morgan fingerprint density at radius 2 is 1.77 bits per heavy atom. The summed E-state index contributed by atoms with van der Waals surface area (Å²) < 4.78 is 31.2. The maximum Gasteiger partial charge on any atom is 0.344 e. The fourth-order valence-corrected chi connectivity index (χ4v) is 4.16. The molecule has 31 heavy (non-hydrogen) atoms. The average Bonchev–Trinajstić information content (AvgIpc) is 2.97. The number of nitrogens with one attached hydrogen (secondary N) is 2. The van der Waals surface area contributed by atoms with Crippen molar-refractivity contribution in [1.82, 2.24) is 20.1 Å². The molecule has 2 N–H and O–H groups in total. The summed E-state index contributed by atoms with van der Waals surface area (Å²) in [6, 6.07) is 11.6. The van der Waals surface area contributed by atoms with Crippen molar-refractivity contribution in [2.45, 2.75) is 17.4 Å². The molecule has 4 amide bonds. The Morgan fingerprint density at radius 1 is 1.13 bits per heavy atom. The maximum atomic E-state index is 12.9. The minimum atomic E-state index is -3.91. The summed E-state index contributed by atoms with van der Waals surface area (Å²) in [5, 5.41) is 3.16. The van der Waals surface area contributed by atoms with Gasteiger partial charge >= 0.3 is 6.03 Å². The first-order valence-electron chi connectivity index (χ1n) is 9.16. The molecule has 1 atom stereocenters. The zero-order valence-corrected chi connectivity index (χ0v) is 18.2. The minimum absolute atomic E-state index is 0.0527. The van der Waals surface area contributed by atoms with Crippen molar-refractivity contribution in [3.05, 3.63) is 59.7 Å². The monoisotopic (exact) mass is 446 g/mol. The maximum absolute atomic E-state index is 12.9. The molecule has 0 radical (unpaired) electrons. The summed E-state index contributed by atoms with van der Waals surface area (Å²) in [6.45, 7) is 1.53. The second kappa shape index (κ2) is 8.00. The molecule has 164 valence electrons. The van der Waals surface area contributed by atoms with Gasteiger partial charge < -0.3 is 10.1 Å². The van der Waals surface area contributed by atoms with Gasteiger partial charge in [-0.1, -0.05) is 30.3 Å². The number of imide groups is 1. The second-order valence-electron chi connectivity index (χ2n) is 7.16. The Morgan fingerprint density at radius 3 is 2.35 bits per heavy atom. The van der Waals surface area contributed by atoms with Crippen molar-refractivity contribution >= 4 is 27.9 Å². The highest BCUT2D eigenvalue weighted by molar-refractivity contribution is 7.89. The summed E-state index contributed by atoms with van der Waals surface area (Å²) >= 11 is 0. The molecule has 1 fully saturated rings. The molecule has 1 aliphatic heterocycles. The summed E-state index contributed by atoms with van der Waals surface area (Å²) in [6.07, 6.45) is 0. The highest BCUT2D eigenvalue weighted by Crippen LogP contribution is 2.29. The Bertz CT molecular complexity index is 1150. The molecule has 2 aromatic rings. The smallest absolute Gasteiger partial charge is 0.344 e. The minimum Gasteiger partial charge on any atom is -0.495 e. The summed E-state index contributed by atoms with van der Waals surface area (Å²) in [4.78, 5) is 37.9. The van der Waals surface area contributed by atoms with Crippen molar-refractivity contribution in [3.63, 3.8) is 0 Å². The van der Waals surface area contributed by atoms with Gasteiger partial charge in [0.05, 0.1) is 7.11 Å². The van der Waals surface area contributed by atoms with E-state index in [-0.39, 0.29) is 16.2 Å². The van der Waals surface area contributed by atoms with Crippen LogP contribution >= 0.6 is 0 Å². The standard InChI is InChI=1S/C20H22N4O6S/c1-20(14-8-6-5-7-9-14)18(26)24(19(27)21-20)22-17(25)13-10-11-15(30-4)16(12-13)31(28,29)23(2)3/h5-12H,1-4H3,(H,21,27)(H,22,25)/t20-/m1/s1. The number of ether oxygens (including phenoxy) is 1. The molecule has 3 rings (SSSR count). The van der Waals surface area contributed by atoms with Crippen LogP contribution in [0, 0.1) is 0 Å². The van der Waals surface area contributed by atoms with Crippen LogP contribution < -0.4 is 15.5 Å². The molecule has 2 aromatic carbocycles. The molecule has 0 aliphatic carbocycles. The van der Waals surface area contributed by atoms with Crippen LogP contribution in [0.5, 0.6) is 5.75 Å². The average molecular weight is 446 g/mol. The van der Waals surface area contributed by atoms with Crippen LogP contribution in [0.1, 0.15) is 22.8 Å². The van der Waals surface area contributed by atoms with Crippen LogP contribution in [0.4, 0.5) is 4.79 Å². The summed E-state index contributed by atoms with van der Waals surface area (Å²) in [5.41, 5.74) is 1.37. The molecular weight excluding hydrogens is 424 g/mol. The molecular formula is C20H22N4O6S. The lowest BCUT2D eigenvalue weighted by atomic mass is 9.92. The van der Waals surface area contributed by atoms with Crippen molar-refractivity contribution in [3.8, 4) is 5.75 Å². The summed E-state index contributed by atoms with van der Waals surface area (Å²) in [7, 11) is 0.0892. The normalized spacial score (nSPS) is 18.8. The van der Waals surface area contributed by atoms with E-state index in [4.69, 9.17) is 4.74 Å². The molecule has 0 saturated carbocycles. The second-order valence-corrected chi connectivity index (χ2v) is 9.28. The molecule has 0 unspecified atom stereocenters. The van der Waals surface area contributed by atoms with Crippen molar-refractivity contribution in [2.75, 3.05) is 21.2 Å². The lowest BCUT2D eigenvalue weighted by Gasteiger charge is -2.22. The van der Waals surface area contributed by atoms with Gasteiger partial charge in [-0.25, -0.2) is 17.5 Å². The number of hydrogen-bond acceptors (Lipinski definition) is 6. The molecule has 0 bridgehead atoms. The number of carbonyl (C=O) groups is 3. The van der Waals surface area contributed by atoms with Gasteiger partial charge in [-0.2, -0.15) is 5.01 Å². The molecule has 10 nitrogen and oxygen atoms in total. The topological polar surface area (TPSA) is 125 Å². The summed E-state index contributed by atoms with van der Waals surface area (Å²) in [5.74, 6) is -1.46. The van der Waals surface area contributed by atoms with E-state index in [1.165, 1.54) is 40.3 Å². The van der Waals surface area contributed by atoms with Gasteiger partial charge in [-0.3, -0.25) is 15.0 Å². The fourth-order valence-electron chi connectivity index (χ4n) is 3.09. The number of benzene rings is 2. The van der Waals surface area contributed by atoms with E-state index in [0.29, 0.717) is 10.6 Å². The predicted octanol–water partition coefficient (Wildman–Crippen LogP) is 1.06. The SMILES string of the molecule is COc1ccc(C(=O)NN2C(=O)N[C@](C)(c3ccccc3)C2=O)cc1S(=O)(=O)N(C)C. The molecule has 1 heterocycles. The Hall–Kier alpha value is -3.44. The number of nitrogens with zero attached hydrogens (tertiary/aromatic N) is 2. The van der Waals surface area contributed by atoms with Gasteiger partial charge in [0.15, 0.2) is 0 Å². The number of amides is 4. The van der Waals surface area contributed by atoms with Crippen molar-refractivity contribution < 1.29 is 27.5 Å².